The zero-order valence-corrected chi connectivity index (χ0v) is 8.25. The minimum Gasteiger partial charge on any atom is -0.313 e. The number of nitrogens with zero attached hydrogens (tertiary/aromatic N) is 1. The monoisotopic (exact) mass is 176 g/mol. The topological polar surface area (TPSA) is 24.4 Å². The number of hydrazone groups is 1. The molecule has 0 radical (unpaired) electrons. The highest BCUT2D eigenvalue weighted by Crippen LogP contribution is 2.04. The minimum atomic E-state index is 1.13. The summed E-state index contributed by atoms with van der Waals surface area (Å²) in [5.41, 5.74) is 5.25. The van der Waals surface area contributed by atoms with Crippen molar-refractivity contribution in [3.63, 3.8) is 0 Å². The van der Waals surface area contributed by atoms with Crippen molar-refractivity contribution in [3.05, 3.63) is 35.4 Å². The van der Waals surface area contributed by atoms with Gasteiger partial charge in [-0.2, -0.15) is 5.10 Å². The van der Waals surface area contributed by atoms with Gasteiger partial charge in [-0.05, 0) is 17.5 Å². The number of nitrogens with one attached hydrogen (secondary N) is 1. The second kappa shape index (κ2) is 5.36. The molecule has 0 aliphatic carbocycles. The third-order valence-corrected chi connectivity index (χ3v) is 1.86. The van der Waals surface area contributed by atoms with Gasteiger partial charge >= 0.3 is 0 Å². The number of hydrogen-bond acceptors (Lipinski definition) is 2. The summed E-state index contributed by atoms with van der Waals surface area (Å²) in [5.74, 6) is 0. The van der Waals surface area contributed by atoms with Gasteiger partial charge in [0.1, 0.15) is 0 Å². The summed E-state index contributed by atoms with van der Waals surface area (Å²) in [6, 6.07) is 8.48. The zero-order chi connectivity index (χ0) is 9.52. The van der Waals surface area contributed by atoms with Crippen LogP contribution in [0, 0.1) is 0 Å². The SMILES string of the molecule is CCCc1ccc(/C=N/NC)cc1. The molecule has 1 N–H and O–H groups in total. The van der Waals surface area contributed by atoms with Crippen LogP contribution in [-0.4, -0.2) is 13.3 Å². The number of hydrogen-bond donors (Lipinski definition) is 1. The maximum Gasteiger partial charge on any atom is 0.0540 e. The fraction of sp³-hybridized carbons (Fsp3) is 0.364. The lowest BCUT2D eigenvalue weighted by molar-refractivity contribution is 0.907. The number of rotatable bonds is 4. The Kier molecular flexibility index (Phi) is 4.03. The summed E-state index contributed by atoms with van der Waals surface area (Å²) in [7, 11) is 1.79. The van der Waals surface area contributed by atoms with Crippen LogP contribution < -0.4 is 5.43 Å². The largest absolute Gasteiger partial charge is 0.313 e. The van der Waals surface area contributed by atoms with E-state index in [2.05, 4.69) is 41.7 Å². The molecular weight excluding hydrogens is 160 g/mol. The smallest absolute Gasteiger partial charge is 0.0540 e. The third kappa shape index (κ3) is 3.28. The van der Waals surface area contributed by atoms with Crippen molar-refractivity contribution in [2.75, 3.05) is 7.05 Å². The van der Waals surface area contributed by atoms with E-state index in [4.69, 9.17) is 0 Å². The van der Waals surface area contributed by atoms with Crippen LogP contribution in [0.15, 0.2) is 29.4 Å². The Labute approximate surface area is 79.7 Å². The van der Waals surface area contributed by atoms with Crippen molar-refractivity contribution in [3.8, 4) is 0 Å². The second-order valence-corrected chi connectivity index (χ2v) is 2.97. The molecule has 0 atom stereocenters. The van der Waals surface area contributed by atoms with Crippen LogP contribution in [0.1, 0.15) is 24.5 Å². The van der Waals surface area contributed by atoms with Crippen molar-refractivity contribution in [2.24, 2.45) is 5.10 Å². The molecule has 2 nitrogen and oxygen atoms in total. The Morgan fingerprint density at radius 2 is 2.00 bits per heavy atom. The maximum atomic E-state index is 3.94. The van der Waals surface area contributed by atoms with E-state index in [-0.39, 0.29) is 0 Å². The first-order valence-corrected chi connectivity index (χ1v) is 4.65. The van der Waals surface area contributed by atoms with Crippen molar-refractivity contribution in [2.45, 2.75) is 19.8 Å². The molecule has 70 valence electrons. The van der Waals surface area contributed by atoms with Crippen LogP contribution in [0.5, 0.6) is 0 Å². The average Bonchev–Trinajstić information content (AvgIpc) is 2.17. The van der Waals surface area contributed by atoms with Crippen LogP contribution in [0.4, 0.5) is 0 Å². The maximum absolute atomic E-state index is 3.94. The zero-order valence-electron chi connectivity index (χ0n) is 8.25. The molecule has 0 bridgehead atoms. The lowest BCUT2D eigenvalue weighted by atomic mass is 10.1. The van der Waals surface area contributed by atoms with Gasteiger partial charge in [0.15, 0.2) is 0 Å². The van der Waals surface area contributed by atoms with E-state index in [0.717, 1.165) is 12.0 Å². The highest BCUT2D eigenvalue weighted by Gasteiger charge is 1.90. The predicted molar refractivity (Wildman–Crippen MR) is 57.1 cm³/mol. The molecule has 2 heteroatoms. The Morgan fingerprint density at radius 1 is 1.31 bits per heavy atom. The van der Waals surface area contributed by atoms with Gasteiger partial charge < -0.3 is 5.43 Å². The normalized spacial score (nSPS) is 10.6. The summed E-state index contributed by atoms with van der Waals surface area (Å²) < 4.78 is 0. The second-order valence-electron chi connectivity index (χ2n) is 2.97. The van der Waals surface area contributed by atoms with Crippen molar-refractivity contribution >= 4 is 6.21 Å². The predicted octanol–water partition coefficient (Wildman–Crippen LogP) is 2.19. The minimum absolute atomic E-state index is 1.13. The summed E-state index contributed by atoms with van der Waals surface area (Å²) in [6.07, 6.45) is 4.17. The first kappa shape index (κ1) is 9.78. The molecule has 0 spiro atoms. The standard InChI is InChI=1S/C11H16N2/c1-3-4-10-5-7-11(8-6-10)9-13-12-2/h5-9,12H,3-4H2,1-2H3/b13-9+. The van der Waals surface area contributed by atoms with Gasteiger partial charge in [0.2, 0.25) is 0 Å². The lowest BCUT2D eigenvalue weighted by Crippen LogP contribution is -1.94. The van der Waals surface area contributed by atoms with Crippen LogP contribution in [0.2, 0.25) is 0 Å². The van der Waals surface area contributed by atoms with Crippen LogP contribution in [-0.2, 0) is 6.42 Å². The molecule has 0 saturated heterocycles. The van der Waals surface area contributed by atoms with E-state index in [1.54, 1.807) is 7.05 Å². The highest BCUT2D eigenvalue weighted by molar-refractivity contribution is 5.79. The Bertz CT molecular complexity index is 262. The van der Waals surface area contributed by atoms with Crippen LogP contribution in [0.3, 0.4) is 0 Å². The molecule has 0 saturated carbocycles. The van der Waals surface area contributed by atoms with Gasteiger partial charge in [0.05, 0.1) is 6.21 Å². The van der Waals surface area contributed by atoms with E-state index < -0.39 is 0 Å². The first-order chi connectivity index (χ1) is 6.36. The molecule has 0 unspecified atom stereocenters. The van der Waals surface area contributed by atoms with Gasteiger partial charge in [-0.1, -0.05) is 37.6 Å². The quantitative estimate of drug-likeness (QED) is 0.552. The fourth-order valence-corrected chi connectivity index (χ4v) is 1.20. The average molecular weight is 176 g/mol. The van der Waals surface area contributed by atoms with Gasteiger partial charge in [-0.25, -0.2) is 0 Å². The number of aryl methyl sites for hydroxylation is 1. The van der Waals surface area contributed by atoms with E-state index >= 15 is 0 Å². The molecule has 13 heavy (non-hydrogen) atoms. The summed E-state index contributed by atoms with van der Waals surface area (Å²) in [5, 5.41) is 3.94. The molecular formula is C11H16N2. The molecule has 0 aliphatic rings. The van der Waals surface area contributed by atoms with E-state index in [1.807, 2.05) is 6.21 Å². The summed E-state index contributed by atoms with van der Waals surface area (Å²) in [4.78, 5) is 0. The molecule has 1 aromatic carbocycles. The van der Waals surface area contributed by atoms with Crippen LogP contribution >= 0.6 is 0 Å². The molecule has 0 aromatic heterocycles. The van der Waals surface area contributed by atoms with Gasteiger partial charge in [-0.3, -0.25) is 0 Å². The van der Waals surface area contributed by atoms with Gasteiger partial charge in [-0.15, -0.1) is 0 Å². The van der Waals surface area contributed by atoms with E-state index in [0.29, 0.717) is 0 Å². The summed E-state index contributed by atoms with van der Waals surface area (Å²) >= 11 is 0. The Morgan fingerprint density at radius 3 is 2.54 bits per heavy atom. The molecule has 1 rings (SSSR count). The lowest BCUT2D eigenvalue weighted by Gasteiger charge is -1.98. The number of benzene rings is 1. The highest BCUT2D eigenvalue weighted by atomic mass is 15.3. The van der Waals surface area contributed by atoms with Crippen molar-refractivity contribution < 1.29 is 0 Å². The van der Waals surface area contributed by atoms with Gasteiger partial charge in [0.25, 0.3) is 0 Å². The third-order valence-electron chi connectivity index (χ3n) is 1.86. The van der Waals surface area contributed by atoms with Gasteiger partial charge in [0, 0.05) is 7.05 Å². The summed E-state index contributed by atoms with van der Waals surface area (Å²) in [6.45, 7) is 2.19. The molecule has 0 fully saturated rings. The molecule has 0 heterocycles. The van der Waals surface area contributed by atoms with Crippen molar-refractivity contribution in [1.82, 2.24) is 5.43 Å². The first-order valence-electron chi connectivity index (χ1n) is 4.65. The Hall–Kier alpha value is -1.31. The fourth-order valence-electron chi connectivity index (χ4n) is 1.20. The van der Waals surface area contributed by atoms with Crippen LogP contribution in [0.25, 0.3) is 0 Å². The molecule has 1 aromatic rings. The van der Waals surface area contributed by atoms with Crippen molar-refractivity contribution in [1.29, 1.82) is 0 Å². The van der Waals surface area contributed by atoms with E-state index in [9.17, 15) is 0 Å². The molecule has 0 aliphatic heterocycles. The van der Waals surface area contributed by atoms with E-state index in [1.165, 1.54) is 12.0 Å². The Balaban J connectivity index is 2.64. The molecule has 0 amide bonds.